The molecule has 10 nitrogen and oxygen atoms in total. The Labute approximate surface area is 171 Å². The number of anilines is 1. The van der Waals surface area contributed by atoms with E-state index in [0.717, 1.165) is 0 Å². The van der Waals surface area contributed by atoms with Crippen LogP contribution in [0.1, 0.15) is 10.4 Å². The second-order valence-corrected chi connectivity index (χ2v) is 5.90. The van der Waals surface area contributed by atoms with Crippen LogP contribution in [0.5, 0.6) is 5.75 Å². The predicted octanol–water partition coefficient (Wildman–Crippen LogP) is 1.66. The molecule has 0 aliphatic heterocycles. The van der Waals surface area contributed by atoms with Gasteiger partial charge in [-0.15, -0.1) is 5.10 Å². The number of aromatic nitrogens is 2. The first-order chi connectivity index (χ1) is 14.5. The minimum atomic E-state index is -0.781. The molecule has 2 N–H and O–H groups in total. The molecule has 30 heavy (non-hydrogen) atoms. The lowest BCUT2D eigenvalue weighted by Gasteiger charge is -2.07. The first kappa shape index (κ1) is 20.5. The highest BCUT2D eigenvalue weighted by Crippen LogP contribution is 2.18. The summed E-state index contributed by atoms with van der Waals surface area (Å²) in [7, 11) is 1.48. The van der Waals surface area contributed by atoms with Crippen LogP contribution in [0.2, 0.25) is 0 Å². The zero-order valence-corrected chi connectivity index (χ0v) is 16.0. The van der Waals surface area contributed by atoms with Crippen molar-refractivity contribution in [1.82, 2.24) is 15.5 Å². The Bertz CT molecular complexity index is 1030. The van der Waals surface area contributed by atoms with Gasteiger partial charge in [0.05, 0.1) is 7.11 Å². The third kappa shape index (κ3) is 5.64. The van der Waals surface area contributed by atoms with Crippen molar-refractivity contribution in [3.63, 3.8) is 0 Å². The van der Waals surface area contributed by atoms with Crippen molar-refractivity contribution in [3.8, 4) is 17.2 Å². The fourth-order valence-corrected chi connectivity index (χ4v) is 2.34. The summed E-state index contributed by atoms with van der Waals surface area (Å²) in [4.78, 5) is 35.7. The van der Waals surface area contributed by atoms with Crippen LogP contribution in [0, 0.1) is 0 Å². The minimum absolute atomic E-state index is 0.124. The van der Waals surface area contributed by atoms with Crippen molar-refractivity contribution in [2.45, 2.75) is 0 Å². The zero-order valence-electron chi connectivity index (χ0n) is 16.0. The summed E-state index contributed by atoms with van der Waals surface area (Å²) in [6, 6.07) is 15.3. The third-order valence-corrected chi connectivity index (χ3v) is 3.78. The summed E-state index contributed by atoms with van der Waals surface area (Å²) < 4.78 is 15.2. The Morgan fingerprint density at radius 2 is 1.83 bits per heavy atom. The molecule has 0 radical (unpaired) electrons. The molecule has 1 aromatic heterocycles. The summed E-state index contributed by atoms with van der Waals surface area (Å²) in [6.07, 6.45) is 0. The summed E-state index contributed by atoms with van der Waals surface area (Å²) in [5.41, 5.74) is 1.02. The molecule has 2 aromatic carbocycles. The molecule has 2 amide bonds. The first-order valence-corrected chi connectivity index (χ1v) is 8.82. The lowest BCUT2D eigenvalue weighted by Crippen LogP contribution is -2.32. The maximum atomic E-state index is 12.0. The molecule has 0 unspecified atom stereocenters. The highest BCUT2D eigenvalue weighted by molar-refractivity contribution is 5.96. The number of hydrogen-bond donors (Lipinski definition) is 2. The van der Waals surface area contributed by atoms with Gasteiger partial charge in [-0.05, 0) is 30.3 Å². The summed E-state index contributed by atoms with van der Waals surface area (Å²) >= 11 is 0. The molecular formula is C20H18N4O6. The standard InChI is InChI=1S/C20H18N4O6/c1-28-15-9-5-8-14(10-15)18(27)21-11-17(26)29-12-16(25)22-20-24-23-19(30-20)13-6-3-2-4-7-13/h2-10H,11-12H2,1H3,(H,21,27)(H,22,24,25). The lowest BCUT2D eigenvalue weighted by molar-refractivity contribution is -0.146. The van der Waals surface area contributed by atoms with Crippen LogP contribution in [0.3, 0.4) is 0 Å². The molecule has 0 saturated heterocycles. The quantitative estimate of drug-likeness (QED) is 0.536. The average molecular weight is 410 g/mol. The van der Waals surface area contributed by atoms with Crippen LogP contribution in [0.25, 0.3) is 11.5 Å². The van der Waals surface area contributed by atoms with E-state index in [1.165, 1.54) is 13.2 Å². The van der Waals surface area contributed by atoms with Crippen LogP contribution in [0.15, 0.2) is 59.0 Å². The number of amides is 2. The van der Waals surface area contributed by atoms with Crippen LogP contribution in [-0.4, -0.2) is 48.2 Å². The van der Waals surface area contributed by atoms with E-state index < -0.39 is 30.9 Å². The number of nitrogens with one attached hydrogen (secondary N) is 2. The van der Waals surface area contributed by atoms with Gasteiger partial charge in [0.1, 0.15) is 12.3 Å². The molecule has 0 spiro atoms. The maximum absolute atomic E-state index is 12.0. The molecular weight excluding hydrogens is 392 g/mol. The molecule has 1 heterocycles. The van der Waals surface area contributed by atoms with Crippen LogP contribution < -0.4 is 15.4 Å². The number of carbonyl (C=O) groups is 3. The molecule has 0 bridgehead atoms. The topological polar surface area (TPSA) is 133 Å². The first-order valence-electron chi connectivity index (χ1n) is 8.82. The van der Waals surface area contributed by atoms with Gasteiger partial charge in [-0.2, -0.15) is 0 Å². The third-order valence-electron chi connectivity index (χ3n) is 3.78. The van der Waals surface area contributed by atoms with Gasteiger partial charge in [0.2, 0.25) is 5.89 Å². The Kier molecular flexibility index (Phi) is 6.72. The second kappa shape index (κ2) is 9.82. The number of carbonyl (C=O) groups excluding carboxylic acids is 3. The van der Waals surface area contributed by atoms with Crippen molar-refractivity contribution in [1.29, 1.82) is 0 Å². The van der Waals surface area contributed by atoms with E-state index in [2.05, 4.69) is 20.8 Å². The number of hydrogen-bond acceptors (Lipinski definition) is 8. The highest BCUT2D eigenvalue weighted by atomic mass is 16.5. The molecule has 10 heteroatoms. The normalized spacial score (nSPS) is 10.2. The van der Waals surface area contributed by atoms with Gasteiger partial charge in [0.15, 0.2) is 6.61 Å². The van der Waals surface area contributed by atoms with E-state index in [1.807, 2.05) is 18.2 Å². The number of esters is 1. The van der Waals surface area contributed by atoms with E-state index in [-0.39, 0.29) is 11.9 Å². The van der Waals surface area contributed by atoms with Gasteiger partial charge in [-0.1, -0.05) is 29.4 Å². The summed E-state index contributed by atoms with van der Waals surface area (Å²) in [5.74, 6) is -1.17. The van der Waals surface area contributed by atoms with Gasteiger partial charge in [0, 0.05) is 11.1 Å². The van der Waals surface area contributed by atoms with E-state index in [0.29, 0.717) is 16.9 Å². The average Bonchev–Trinajstić information content (AvgIpc) is 3.25. The monoisotopic (exact) mass is 410 g/mol. The second-order valence-electron chi connectivity index (χ2n) is 5.90. The number of benzene rings is 2. The lowest BCUT2D eigenvalue weighted by atomic mass is 10.2. The van der Waals surface area contributed by atoms with Crippen LogP contribution in [0.4, 0.5) is 6.01 Å². The molecule has 0 aliphatic rings. The predicted molar refractivity (Wildman–Crippen MR) is 105 cm³/mol. The van der Waals surface area contributed by atoms with Crippen molar-refractivity contribution >= 4 is 23.8 Å². The molecule has 3 rings (SSSR count). The summed E-state index contributed by atoms with van der Waals surface area (Å²) in [6.45, 7) is -0.973. The Morgan fingerprint density at radius 3 is 2.60 bits per heavy atom. The number of nitrogens with zero attached hydrogens (tertiary/aromatic N) is 2. The van der Waals surface area contributed by atoms with E-state index >= 15 is 0 Å². The molecule has 0 atom stereocenters. The molecule has 3 aromatic rings. The van der Waals surface area contributed by atoms with Crippen molar-refractivity contribution < 1.29 is 28.3 Å². The van der Waals surface area contributed by atoms with E-state index in [1.54, 1.807) is 30.3 Å². The van der Waals surface area contributed by atoms with Crippen molar-refractivity contribution in [2.75, 3.05) is 25.6 Å². The Morgan fingerprint density at radius 1 is 1.03 bits per heavy atom. The maximum Gasteiger partial charge on any atom is 0.325 e. The Balaban J connectivity index is 1.42. The van der Waals surface area contributed by atoms with E-state index in [9.17, 15) is 14.4 Å². The Hall–Kier alpha value is -4.21. The highest BCUT2D eigenvalue weighted by Gasteiger charge is 2.14. The fraction of sp³-hybridized carbons (Fsp3) is 0.150. The largest absolute Gasteiger partial charge is 0.497 e. The molecule has 0 aliphatic carbocycles. The zero-order chi connectivity index (χ0) is 21.3. The minimum Gasteiger partial charge on any atom is -0.497 e. The molecule has 154 valence electrons. The van der Waals surface area contributed by atoms with Gasteiger partial charge in [0.25, 0.3) is 11.8 Å². The number of methoxy groups -OCH3 is 1. The van der Waals surface area contributed by atoms with E-state index in [4.69, 9.17) is 13.9 Å². The summed E-state index contributed by atoms with van der Waals surface area (Å²) in [5, 5.41) is 12.3. The fourth-order valence-electron chi connectivity index (χ4n) is 2.34. The number of ether oxygens (including phenoxy) is 2. The van der Waals surface area contributed by atoms with Gasteiger partial charge >= 0.3 is 12.0 Å². The van der Waals surface area contributed by atoms with Crippen molar-refractivity contribution in [3.05, 3.63) is 60.2 Å². The van der Waals surface area contributed by atoms with Gasteiger partial charge < -0.3 is 19.2 Å². The van der Waals surface area contributed by atoms with Crippen LogP contribution >= 0.6 is 0 Å². The van der Waals surface area contributed by atoms with Crippen LogP contribution in [-0.2, 0) is 14.3 Å². The smallest absolute Gasteiger partial charge is 0.325 e. The van der Waals surface area contributed by atoms with Gasteiger partial charge in [-0.3, -0.25) is 19.7 Å². The number of rotatable bonds is 8. The van der Waals surface area contributed by atoms with Gasteiger partial charge in [-0.25, -0.2) is 0 Å². The molecule has 0 saturated carbocycles. The van der Waals surface area contributed by atoms with Crippen molar-refractivity contribution in [2.24, 2.45) is 0 Å². The SMILES string of the molecule is COc1cccc(C(=O)NCC(=O)OCC(=O)Nc2nnc(-c3ccccc3)o2)c1. The molecule has 0 fully saturated rings.